The molecule has 2 aromatic carbocycles. The lowest BCUT2D eigenvalue weighted by molar-refractivity contribution is 0.596. The third kappa shape index (κ3) is 2.81. The highest BCUT2D eigenvalue weighted by Crippen LogP contribution is 2.23. The summed E-state index contributed by atoms with van der Waals surface area (Å²) in [6.07, 6.45) is 6.20. The van der Waals surface area contributed by atoms with Crippen LogP contribution in [0.2, 0.25) is 0 Å². The summed E-state index contributed by atoms with van der Waals surface area (Å²) in [5, 5.41) is 14.9. The molecule has 4 rings (SSSR count). The van der Waals surface area contributed by atoms with E-state index in [-0.39, 0.29) is 9.79 Å². The van der Waals surface area contributed by atoms with Crippen molar-refractivity contribution in [3.05, 3.63) is 73.8 Å². The summed E-state index contributed by atoms with van der Waals surface area (Å²) in [6.45, 7) is 0. The molecule has 0 amide bonds. The third-order valence-corrected chi connectivity index (χ3v) is 5.51. The normalized spacial score (nSPS) is 11.5. The van der Waals surface area contributed by atoms with Crippen LogP contribution in [0.4, 0.5) is 0 Å². The van der Waals surface area contributed by atoms with E-state index in [0.717, 1.165) is 11.4 Å². The van der Waals surface area contributed by atoms with Crippen LogP contribution in [0.15, 0.2) is 83.6 Å². The van der Waals surface area contributed by atoms with Gasteiger partial charge in [0, 0.05) is 11.4 Å². The van der Waals surface area contributed by atoms with Crippen LogP contribution < -0.4 is 0 Å². The van der Waals surface area contributed by atoms with E-state index < -0.39 is 9.84 Å². The average molecular weight is 352 g/mol. The van der Waals surface area contributed by atoms with Crippen LogP contribution in [0.5, 0.6) is 0 Å². The molecule has 9 heteroatoms. The number of hydrogen-bond acceptors (Lipinski definition) is 6. The molecule has 0 saturated carbocycles. The van der Waals surface area contributed by atoms with Gasteiger partial charge in [0.2, 0.25) is 9.84 Å². The maximum Gasteiger partial charge on any atom is 0.206 e. The molecule has 0 saturated heterocycles. The van der Waals surface area contributed by atoms with Crippen molar-refractivity contribution in [1.29, 1.82) is 0 Å². The van der Waals surface area contributed by atoms with Gasteiger partial charge in [-0.3, -0.25) is 9.13 Å². The van der Waals surface area contributed by atoms with Gasteiger partial charge >= 0.3 is 0 Å². The van der Waals surface area contributed by atoms with Crippen molar-refractivity contribution in [1.82, 2.24) is 29.5 Å². The molecule has 0 spiro atoms. The standard InChI is InChI=1S/C16H12N6O2S/c23-25(24,15-5-1-13(2-6-15)21-9-17-18-10-21)16-7-3-14(4-8-16)22-11-19-20-12-22/h1-12H. The van der Waals surface area contributed by atoms with E-state index in [1.165, 1.54) is 0 Å². The fourth-order valence-corrected chi connectivity index (χ4v) is 3.66. The minimum absolute atomic E-state index is 0.223. The van der Waals surface area contributed by atoms with Crippen LogP contribution in [0.3, 0.4) is 0 Å². The Morgan fingerprint density at radius 1 is 0.560 bits per heavy atom. The average Bonchev–Trinajstić information content (AvgIpc) is 3.36. The Balaban J connectivity index is 1.65. The molecule has 0 fully saturated rings. The fraction of sp³-hybridized carbons (Fsp3) is 0. The number of nitrogens with zero attached hydrogens (tertiary/aromatic N) is 6. The molecule has 0 aliphatic rings. The van der Waals surface area contributed by atoms with Crippen molar-refractivity contribution in [2.45, 2.75) is 9.79 Å². The molecule has 124 valence electrons. The highest BCUT2D eigenvalue weighted by Gasteiger charge is 2.17. The Kier molecular flexibility index (Phi) is 3.62. The molecule has 0 N–H and O–H groups in total. The molecular weight excluding hydrogens is 340 g/mol. The van der Waals surface area contributed by atoms with E-state index in [4.69, 9.17) is 0 Å². The lowest BCUT2D eigenvalue weighted by Crippen LogP contribution is -2.03. The Hall–Kier alpha value is -3.33. The molecule has 4 aromatic rings. The van der Waals surface area contributed by atoms with E-state index in [1.54, 1.807) is 83.0 Å². The number of aromatic nitrogens is 6. The summed E-state index contributed by atoms with van der Waals surface area (Å²) in [4.78, 5) is 0.447. The molecule has 25 heavy (non-hydrogen) atoms. The molecule has 0 atom stereocenters. The zero-order valence-electron chi connectivity index (χ0n) is 12.8. The Morgan fingerprint density at radius 2 is 0.880 bits per heavy atom. The van der Waals surface area contributed by atoms with E-state index in [1.807, 2.05) is 0 Å². The SMILES string of the molecule is O=S(=O)(c1ccc(-n2cnnc2)cc1)c1ccc(-n2cnnc2)cc1. The largest absolute Gasteiger partial charge is 0.288 e. The predicted octanol–water partition coefficient (Wildman–Crippen LogP) is 1.68. The minimum Gasteiger partial charge on any atom is -0.288 e. The van der Waals surface area contributed by atoms with Crippen molar-refractivity contribution in [3.63, 3.8) is 0 Å². The van der Waals surface area contributed by atoms with Gasteiger partial charge in [0.05, 0.1) is 9.79 Å². The van der Waals surface area contributed by atoms with Crippen LogP contribution in [0.1, 0.15) is 0 Å². The zero-order chi connectivity index (χ0) is 17.3. The highest BCUT2D eigenvalue weighted by molar-refractivity contribution is 7.91. The van der Waals surface area contributed by atoms with Crippen molar-refractivity contribution < 1.29 is 8.42 Å². The van der Waals surface area contributed by atoms with Gasteiger partial charge in [-0.15, -0.1) is 20.4 Å². The smallest absolute Gasteiger partial charge is 0.206 e. The summed E-state index contributed by atoms with van der Waals surface area (Å²) in [5.41, 5.74) is 1.57. The maximum absolute atomic E-state index is 12.8. The first-order chi connectivity index (χ1) is 12.1. The summed E-state index contributed by atoms with van der Waals surface area (Å²) >= 11 is 0. The summed E-state index contributed by atoms with van der Waals surface area (Å²) < 4.78 is 28.9. The predicted molar refractivity (Wildman–Crippen MR) is 88.2 cm³/mol. The summed E-state index contributed by atoms with van der Waals surface area (Å²) in [5.74, 6) is 0. The Labute approximate surface area is 143 Å². The van der Waals surface area contributed by atoms with Crippen molar-refractivity contribution in [2.75, 3.05) is 0 Å². The number of benzene rings is 2. The lowest BCUT2D eigenvalue weighted by atomic mass is 10.3. The van der Waals surface area contributed by atoms with Crippen LogP contribution in [0, 0.1) is 0 Å². The van der Waals surface area contributed by atoms with Gasteiger partial charge < -0.3 is 0 Å². The molecular formula is C16H12N6O2S. The number of hydrogen-bond donors (Lipinski definition) is 0. The molecule has 0 radical (unpaired) electrons. The number of sulfone groups is 1. The van der Waals surface area contributed by atoms with Crippen LogP contribution in [0.25, 0.3) is 11.4 Å². The van der Waals surface area contributed by atoms with Crippen molar-refractivity contribution >= 4 is 9.84 Å². The highest BCUT2D eigenvalue weighted by atomic mass is 32.2. The second-order valence-electron chi connectivity index (χ2n) is 5.23. The van der Waals surface area contributed by atoms with Crippen LogP contribution >= 0.6 is 0 Å². The van der Waals surface area contributed by atoms with E-state index in [0.29, 0.717) is 0 Å². The first-order valence-electron chi connectivity index (χ1n) is 7.30. The Morgan fingerprint density at radius 3 is 1.20 bits per heavy atom. The van der Waals surface area contributed by atoms with E-state index in [2.05, 4.69) is 20.4 Å². The molecule has 2 aromatic heterocycles. The van der Waals surface area contributed by atoms with Gasteiger partial charge in [0.25, 0.3) is 0 Å². The zero-order valence-corrected chi connectivity index (χ0v) is 13.7. The molecule has 0 bridgehead atoms. The molecule has 0 unspecified atom stereocenters. The monoisotopic (exact) mass is 352 g/mol. The van der Waals surface area contributed by atoms with Gasteiger partial charge in [-0.05, 0) is 48.5 Å². The first kappa shape index (κ1) is 15.2. The minimum atomic E-state index is -3.59. The van der Waals surface area contributed by atoms with Crippen molar-refractivity contribution in [3.8, 4) is 11.4 Å². The van der Waals surface area contributed by atoms with Gasteiger partial charge in [0.1, 0.15) is 25.3 Å². The molecule has 0 aliphatic heterocycles. The van der Waals surface area contributed by atoms with Crippen LogP contribution in [-0.4, -0.2) is 37.9 Å². The van der Waals surface area contributed by atoms with Crippen molar-refractivity contribution in [2.24, 2.45) is 0 Å². The quantitative estimate of drug-likeness (QED) is 0.554. The maximum atomic E-state index is 12.8. The Bertz CT molecular complexity index is 987. The number of rotatable bonds is 4. The topological polar surface area (TPSA) is 95.6 Å². The first-order valence-corrected chi connectivity index (χ1v) is 8.78. The lowest BCUT2D eigenvalue weighted by Gasteiger charge is -2.07. The fourth-order valence-electron chi connectivity index (χ4n) is 2.40. The van der Waals surface area contributed by atoms with Crippen LogP contribution in [-0.2, 0) is 9.84 Å². The molecule has 0 aliphatic carbocycles. The third-order valence-electron chi connectivity index (χ3n) is 3.73. The van der Waals surface area contributed by atoms with Gasteiger partial charge in [0.15, 0.2) is 0 Å². The van der Waals surface area contributed by atoms with E-state index >= 15 is 0 Å². The second kappa shape index (κ2) is 5.95. The molecule has 2 heterocycles. The summed E-state index contributed by atoms with van der Waals surface area (Å²) in [7, 11) is -3.59. The van der Waals surface area contributed by atoms with E-state index in [9.17, 15) is 8.42 Å². The molecule has 8 nitrogen and oxygen atoms in total. The summed E-state index contributed by atoms with van der Waals surface area (Å²) in [6, 6.07) is 13.1. The second-order valence-corrected chi connectivity index (χ2v) is 7.18. The van der Waals surface area contributed by atoms with Gasteiger partial charge in [-0.25, -0.2) is 8.42 Å². The van der Waals surface area contributed by atoms with Gasteiger partial charge in [-0.2, -0.15) is 0 Å². The van der Waals surface area contributed by atoms with Gasteiger partial charge in [-0.1, -0.05) is 0 Å².